The molecule has 0 aliphatic heterocycles. The normalized spacial score (nSPS) is 10.1. The summed E-state index contributed by atoms with van der Waals surface area (Å²) in [6, 6.07) is 6.30. The highest BCUT2D eigenvalue weighted by molar-refractivity contribution is 7.05. The Morgan fingerprint density at radius 3 is 2.93 bits per heavy atom. The Bertz CT molecular complexity index is 405. The van der Waals surface area contributed by atoms with E-state index in [0.29, 0.717) is 6.61 Å². The lowest BCUT2D eigenvalue weighted by Gasteiger charge is -2.03. The molecule has 0 saturated heterocycles. The number of benzene rings is 1. The Morgan fingerprint density at radius 2 is 2.21 bits per heavy atom. The van der Waals surface area contributed by atoms with Gasteiger partial charge in [-0.15, -0.1) is 5.10 Å². The molecule has 0 unspecified atom stereocenters. The van der Waals surface area contributed by atoms with Gasteiger partial charge in [-0.1, -0.05) is 16.6 Å². The van der Waals surface area contributed by atoms with Crippen molar-refractivity contribution >= 4 is 11.5 Å². The van der Waals surface area contributed by atoms with Gasteiger partial charge >= 0.3 is 0 Å². The standard InChI is InChI=1S/C9H7FN2OS/c10-8-3-1-2-4-9(8)13-6-7-5-11-12-14-7/h1-5H,6H2. The summed E-state index contributed by atoms with van der Waals surface area (Å²) >= 11 is 1.24. The number of hydrogen-bond donors (Lipinski definition) is 0. The van der Waals surface area contributed by atoms with Gasteiger partial charge in [-0.05, 0) is 23.7 Å². The van der Waals surface area contributed by atoms with E-state index in [1.54, 1.807) is 24.4 Å². The molecule has 0 amide bonds. The summed E-state index contributed by atoms with van der Waals surface area (Å²) in [6.07, 6.45) is 1.60. The van der Waals surface area contributed by atoms with Gasteiger partial charge < -0.3 is 4.74 Å². The van der Waals surface area contributed by atoms with Gasteiger partial charge in [-0.25, -0.2) is 4.39 Å². The molecule has 72 valence electrons. The number of ether oxygens (including phenoxy) is 1. The van der Waals surface area contributed by atoms with Crippen LogP contribution in [-0.4, -0.2) is 9.59 Å². The van der Waals surface area contributed by atoms with Crippen molar-refractivity contribution in [3.05, 3.63) is 41.2 Å². The molecule has 5 heteroatoms. The first kappa shape index (κ1) is 9.08. The molecule has 2 aromatic rings. The molecular weight excluding hydrogens is 203 g/mol. The van der Waals surface area contributed by atoms with Gasteiger partial charge in [0.05, 0.1) is 11.1 Å². The zero-order chi connectivity index (χ0) is 9.80. The first-order chi connectivity index (χ1) is 6.86. The van der Waals surface area contributed by atoms with Crippen molar-refractivity contribution < 1.29 is 9.13 Å². The largest absolute Gasteiger partial charge is 0.485 e. The Hall–Kier alpha value is -1.49. The maximum absolute atomic E-state index is 13.1. The second-order valence-corrected chi connectivity index (χ2v) is 3.47. The fourth-order valence-electron chi connectivity index (χ4n) is 0.962. The summed E-state index contributed by atoms with van der Waals surface area (Å²) in [7, 11) is 0. The zero-order valence-electron chi connectivity index (χ0n) is 7.18. The third kappa shape index (κ3) is 2.05. The van der Waals surface area contributed by atoms with Crippen LogP contribution in [-0.2, 0) is 6.61 Å². The summed E-state index contributed by atoms with van der Waals surface area (Å²) in [5.41, 5.74) is 0. The molecule has 14 heavy (non-hydrogen) atoms. The van der Waals surface area contributed by atoms with Crippen molar-refractivity contribution in [1.82, 2.24) is 9.59 Å². The molecule has 3 nitrogen and oxygen atoms in total. The van der Waals surface area contributed by atoms with Crippen LogP contribution in [0.5, 0.6) is 5.75 Å². The number of hydrogen-bond acceptors (Lipinski definition) is 4. The van der Waals surface area contributed by atoms with E-state index in [2.05, 4.69) is 9.59 Å². The Balaban J connectivity index is 2.02. The minimum atomic E-state index is -0.357. The number of para-hydroxylation sites is 1. The predicted octanol–water partition coefficient (Wildman–Crippen LogP) is 2.26. The quantitative estimate of drug-likeness (QED) is 0.779. The first-order valence-electron chi connectivity index (χ1n) is 4.00. The molecule has 1 aromatic carbocycles. The number of halogens is 1. The van der Waals surface area contributed by atoms with Gasteiger partial charge in [-0.2, -0.15) is 0 Å². The maximum Gasteiger partial charge on any atom is 0.165 e. The highest BCUT2D eigenvalue weighted by Crippen LogP contribution is 2.17. The lowest BCUT2D eigenvalue weighted by Crippen LogP contribution is -1.94. The van der Waals surface area contributed by atoms with E-state index >= 15 is 0 Å². The van der Waals surface area contributed by atoms with E-state index in [0.717, 1.165) is 4.88 Å². The van der Waals surface area contributed by atoms with E-state index in [1.165, 1.54) is 17.6 Å². The fourth-order valence-corrected chi connectivity index (χ4v) is 1.37. The summed E-state index contributed by atoms with van der Waals surface area (Å²) in [5.74, 6) is -0.106. The van der Waals surface area contributed by atoms with Crippen molar-refractivity contribution in [3.8, 4) is 5.75 Å². The zero-order valence-corrected chi connectivity index (χ0v) is 8.00. The van der Waals surface area contributed by atoms with Crippen LogP contribution in [0, 0.1) is 5.82 Å². The van der Waals surface area contributed by atoms with Crippen molar-refractivity contribution in [2.45, 2.75) is 6.61 Å². The predicted molar refractivity (Wildman–Crippen MR) is 50.6 cm³/mol. The third-order valence-corrected chi connectivity index (χ3v) is 2.25. The van der Waals surface area contributed by atoms with E-state index in [4.69, 9.17) is 4.74 Å². The lowest BCUT2D eigenvalue weighted by molar-refractivity contribution is 0.293. The Labute approximate surface area is 84.3 Å². The van der Waals surface area contributed by atoms with Crippen LogP contribution in [0.1, 0.15) is 4.88 Å². The minimum Gasteiger partial charge on any atom is -0.485 e. The summed E-state index contributed by atoms with van der Waals surface area (Å²) in [6.45, 7) is 0.304. The summed E-state index contributed by atoms with van der Waals surface area (Å²) in [5, 5.41) is 3.65. The first-order valence-corrected chi connectivity index (χ1v) is 4.77. The highest BCUT2D eigenvalue weighted by atomic mass is 32.1. The van der Waals surface area contributed by atoms with Crippen molar-refractivity contribution in [2.75, 3.05) is 0 Å². The third-order valence-electron chi connectivity index (χ3n) is 1.61. The van der Waals surface area contributed by atoms with Gasteiger partial charge in [0.25, 0.3) is 0 Å². The molecular formula is C9H7FN2OS. The van der Waals surface area contributed by atoms with Gasteiger partial charge in [0.1, 0.15) is 6.61 Å². The monoisotopic (exact) mass is 210 g/mol. The summed E-state index contributed by atoms with van der Waals surface area (Å²) in [4.78, 5) is 0.869. The summed E-state index contributed by atoms with van der Waals surface area (Å²) < 4.78 is 22.0. The van der Waals surface area contributed by atoms with E-state index in [-0.39, 0.29) is 11.6 Å². The van der Waals surface area contributed by atoms with Gasteiger partial charge in [0.2, 0.25) is 0 Å². The van der Waals surface area contributed by atoms with E-state index < -0.39 is 0 Å². The van der Waals surface area contributed by atoms with Crippen molar-refractivity contribution in [1.29, 1.82) is 0 Å². The van der Waals surface area contributed by atoms with E-state index in [9.17, 15) is 4.39 Å². The van der Waals surface area contributed by atoms with Crippen LogP contribution in [0.15, 0.2) is 30.5 Å². The number of nitrogens with zero attached hydrogens (tertiary/aromatic N) is 2. The molecule has 2 rings (SSSR count). The maximum atomic E-state index is 13.1. The molecule has 1 aromatic heterocycles. The van der Waals surface area contributed by atoms with Crippen molar-refractivity contribution in [2.24, 2.45) is 0 Å². The van der Waals surface area contributed by atoms with Crippen LogP contribution in [0.3, 0.4) is 0 Å². The number of aromatic nitrogens is 2. The molecule has 0 spiro atoms. The van der Waals surface area contributed by atoms with Gasteiger partial charge in [0, 0.05) is 0 Å². The van der Waals surface area contributed by atoms with Crippen LogP contribution in [0.2, 0.25) is 0 Å². The molecule has 0 aliphatic rings. The smallest absolute Gasteiger partial charge is 0.165 e. The van der Waals surface area contributed by atoms with Crippen LogP contribution in [0.4, 0.5) is 4.39 Å². The average Bonchev–Trinajstić information content (AvgIpc) is 2.69. The molecule has 0 aliphatic carbocycles. The molecule has 0 N–H and O–H groups in total. The second kappa shape index (κ2) is 4.15. The topological polar surface area (TPSA) is 35.0 Å². The molecule has 0 saturated carbocycles. The Morgan fingerprint density at radius 1 is 1.36 bits per heavy atom. The van der Waals surface area contributed by atoms with E-state index in [1.807, 2.05) is 0 Å². The van der Waals surface area contributed by atoms with Crippen molar-refractivity contribution in [3.63, 3.8) is 0 Å². The SMILES string of the molecule is Fc1ccccc1OCc1cnns1. The number of rotatable bonds is 3. The van der Waals surface area contributed by atoms with Gasteiger partial charge in [0.15, 0.2) is 11.6 Å². The van der Waals surface area contributed by atoms with Gasteiger partial charge in [-0.3, -0.25) is 0 Å². The van der Waals surface area contributed by atoms with Crippen LogP contribution >= 0.6 is 11.5 Å². The highest BCUT2D eigenvalue weighted by Gasteiger charge is 2.02. The van der Waals surface area contributed by atoms with Crippen LogP contribution < -0.4 is 4.74 Å². The average molecular weight is 210 g/mol. The molecule has 0 fully saturated rings. The molecule has 0 atom stereocenters. The lowest BCUT2D eigenvalue weighted by atomic mass is 10.3. The fraction of sp³-hybridized carbons (Fsp3) is 0.111. The Kier molecular flexibility index (Phi) is 2.69. The minimum absolute atomic E-state index is 0.251. The van der Waals surface area contributed by atoms with Crippen LogP contribution in [0.25, 0.3) is 0 Å². The molecule has 0 radical (unpaired) electrons. The molecule has 1 heterocycles. The molecule has 0 bridgehead atoms. The second-order valence-electron chi connectivity index (χ2n) is 2.60.